The van der Waals surface area contributed by atoms with Gasteiger partial charge in [-0.3, -0.25) is 0 Å². The van der Waals surface area contributed by atoms with Gasteiger partial charge in [0.1, 0.15) is 0 Å². The van der Waals surface area contributed by atoms with E-state index in [2.05, 4.69) is 32.8 Å². The minimum Gasteiger partial charge on any atom is -0.309 e. The van der Waals surface area contributed by atoms with E-state index in [-0.39, 0.29) is 0 Å². The van der Waals surface area contributed by atoms with Crippen LogP contribution >= 0.6 is 0 Å². The van der Waals surface area contributed by atoms with E-state index >= 15 is 0 Å². The van der Waals surface area contributed by atoms with E-state index in [9.17, 15) is 0 Å². The molecule has 0 heterocycles. The SMILES string of the molecule is CC1CCC(C(C)CN(C)C)CC1. The van der Waals surface area contributed by atoms with Gasteiger partial charge >= 0.3 is 0 Å². The third-order valence-corrected chi connectivity index (χ3v) is 3.52. The molecule has 0 saturated heterocycles. The van der Waals surface area contributed by atoms with Crippen LogP contribution in [0.25, 0.3) is 0 Å². The van der Waals surface area contributed by atoms with Gasteiger partial charge in [-0.25, -0.2) is 0 Å². The lowest BCUT2D eigenvalue weighted by atomic mass is 9.77. The number of rotatable bonds is 3. The van der Waals surface area contributed by atoms with Crippen molar-refractivity contribution in [3.05, 3.63) is 0 Å². The van der Waals surface area contributed by atoms with Crippen molar-refractivity contribution in [3.8, 4) is 0 Å². The van der Waals surface area contributed by atoms with E-state index in [1.165, 1.54) is 32.2 Å². The molecule has 0 spiro atoms. The van der Waals surface area contributed by atoms with Crippen molar-refractivity contribution < 1.29 is 0 Å². The van der Waals surface area contributed by atoms with E-state index in [0.717, 1.165) is 17.8 Å². The molecule has 1 fully saturated rings. The van der Waals surface area contributed by atoms with Crippen LogP contribution in [0.5, 0.6) is 0 Å². The minimum atomic E-state index is 0.891. The number of nitrogens with zero attached hydrogens (tertiary/aromatic N) is 1. The Morgan fingerprint density at radius 1 is 1.15 bits per heavy atom. The summed E-state index contributed by atoms with van der Waals surface area (Å²) in [6.45, 7) is 6.08. The van der Waals surface area contributed by atoms with Gasteiger partial charge in [0.05, 0.1) is 0 Å². The van der Waals surface area contributed by atoms with Crippen LogP contribution in [-0.4, -0.2) is 25.5 Å². The van der Waals surface area contributed by atoms with E-state index in [1.807, 2.05) is 0 Å². The fourth-order valence-corrected chi connectivity index (χ4v) is 2.58. The summed E-state index contributed by atoms with van der Waals surface area (Å²) >= 11 is 0. The van der Waals surface area contributed by atoms with E-state index in [0.29, 0.717) is 0 Å². The van der Waals surface area contributed by atoms with Gasteiger partial charge in [0.15, 0.2) is 0 Å². The van der Waals surface area contributed by atoms with Gasteiger partial charge in [-0.1, -0.05) is 26.7 Å². The van der Waals surface area contributed by atoms with Gasteiger partial charge < -0.3 is 4.90 Å². The molecule has 78 valence electrons. The molecular weight excluding hydrogens is 158 g/mol. The largest absolute Gasteiger partial charge is 0.309 e. The Morgan fingerprint density at radius 2 is 1.69 bits per heavy atom. The first-order valence-electron chi connectivity index (χ1n) is 5.74. The van der Waals surface area contributed by atoms with Gasteiger partial charge in [-0.15, -0.1) is 0 Å². The smallest absolute Gasteiger partial charge is 0.000357 e. The molecule has 1 unspecified atom stereocenters. The molecule has 0 N–H and O–H groups in total. The molecule has 0 amide bonds. The molecule has 1 aliphatic rings. The lowest BCUT2D eigenvalue weighted by Crippen LogP contribution is -2.27. The molecule has 0 radical (unpaired) electrons. The van der Waals surface area contributed by atoms with Gasteiger partial charge in [0.25, 0.3) is 0 Å². The first kappa shape index (κ1) is 11.0. The molecule has 0 bridgehead atoms. The highest BCUT2D eigenvalue weighted by molar-refractivity contribution is 4.75. The monoisotopic (exact) mass is 183 g/mol. The van der Waals surface area contributed by atoms with Crippen molar-refractivity contribution in [2.45, 2.75) is 39.5 Å². The summed E-state index contributed by atoms with van der Waals surface area (Å²) in [6.07, 6.45) is 5.86. The summed E-state index contributed by atoms with van der Waals surface area (Å²) in [5.41, 5.74) is 0. The van der Waals surface area contributed by atoms with Crippen LogP contribution in [0, 0.1) is 17.8 Å². The average Bonchev–Trinajstić information content (AvgIpc) is 2.04. The highest BCUT2D eigenvalue weighted by atomic mass is 15.1. The second kappa shape index (κ2) is 4.99. The van der Waals surface area contributed by atoms with Gasteiger partial charge in [-0.05, 0) is 44.7 Å². The standard InChI is InChI=1S/C12H25N/c1-10-5-7-12(8-6-10)11(2)9-13(3)4/h10-12H,5-9H2,1-4H3. The normalized spacial score (nSPS) is 32.1. The second-order valence-corrected chi connectivity index (χ2v) is 5.26. The summed E-state index contributed by atoms with van der Waals surface area (Å²) < 4.78 is 0. The van der Waals surface area contributed by atoms with Crippen molar-refractivity contribution >= 4 is 0 Å². The van der Waals surface area contributed by atoms with Crippen LogP contribution in [0.4, 0.5) is 0 Å². The van der Waals surface area contributed by atoms with Crippen LogP contribution in [0.15, 0.2) is 0 Å². The Kier molecular flexibility index (Phi) is 4.24. The molecule has 1 heteroatoms. The van der Waals surface area contributed by atoms with Gasteiger partial charge in [0, 0.05) is 6.54 Å². The first-order valence-corrected chi connectivity index (χ1v) is 5.74. The summed E-state index contributed by atoms with van der Waals surface area (Å²) in [4.78, 5) is 2.32. The predicted octanol–water partition coefficient (Wildman–Crippen LogP) is 3.01. The molecule has 13 heavy (non-hydrogen) atoms. The van der Waals surface area contributed by atoms with E-state index in [1.54, 1.807) is 0 Å². The zero-order chi connectivity index (χ0) is 9.84. The van der Waals surface area contributed by atoms with Crippen LogP contribution in [0.1, 0.15) is 39.5 Å². The molecule has 0 aromatic heterocycles. The van der Waals surface area contributed by atoms with E-state index in [4.69, 9.17) is 0 Å². The lowest BCUT2D eigenvalue weighted by Gasteiger charge is -2.32. The van der Waals surface area contributed by atoms with Gasteiger partial charge in [0.2, 0.25) is 0 Å². The highest BCUT2D eigenvalue weighted by Crippen LogP contribution is 2.33. The zero-order valence-corrected chi connectivity index (χ0v) is 9.71. The topological polar surface area (TPSA) is 3.24 Å². The van der Waals surface area contributed by atoms with Crippen LogP contribution in [0.2, 0.25) is 0 Å². The molecule has 1 rings (SSSR count). The molecular formula is C12H25N. The molecule has 0 aromatic rings. The molecule has 1 nitrogen and oxygen atoms in total. The Balaban J connectivity index is 2.27. The van der Waals surface area contributed by atoms with Crippen molar-refractivity contribution in [1.82, 2.24) is 4.90 Å². The zero-order valence-electron chi connectivity index (χ0n) is 9.71. The van der Waals surface area contributed by atoms with Gasteiger partial charge in [-0.2, -0.15) is 0 Å². The predicted molar refractivity (Wildman–Crippen MR) is 58.8 cm³/mol. The lowest BCUT2D eigenvalue weighted by molar-refractivity contribution is 0.189. The van der Waals surface area contributed by atoms with Crippen molar-refractivity contribution in [1.29, 1.82) is 0 Å². The van der Waals surface area contributed by atoms with E-state index < -0.39 is 0 Å². The van der Waals surface area contributed by atoms with Crippen molar-refractivity contribution in [2.24, 2.45) is 17.8 Å². The Hall–Kier alpha value is -0.0400. The average molecular weight is 183 g/mol. The molecule has 1 aliphatic carbocycles. The van der Waals surface area contributed by atoms with Crippen LogP contribution in [0.3, 0.4) is 0 Å². The maximum atomic E-state index is 2.42. The maximum absolute atomic E-state index is 2.42. The van der Waals surface area contributed by atoms with Crippen LogP contribution in [-0.2, 0) is 0 Å². The Labute approximate surface area is 83.5 Å². The van der Waals surface area contributed by atoms with Crippen LogP contribution < -0.4 is 0 Å². The fraction of sp³-hybridized carbons (Fsp3) is 1.00. The molecule has 1 saturated carbocycles. The number of hydrogen-bond acceptors (Lipinski definition) is 1. The Bertz CT molecular complexity index is 134. The summed E-state index contributed by atoms with van der Waals surface area (Å²) in [5.74, 6) is 2.88. The quantitative estimate of drug-likeness (QED) is 0.650. The van der Waals surface area contributed by atoms with Crippen molar-refractivity contribution in [2.75, 3.05) is 20.6 Å². The minimum absolute atomic E-state index is 0.891. The molecule has 0 aliphatic heterocycles. The summed E-state index contributed by atoms with van der Waals surface area (Å²) in [6, 6.07) is 0. The Morgan fingerprint density at radius 3 is 2.15 bits per heavy atom. The third kappa shape index (κ3) is 3.68. The summed E-state index contributed by atoms with van der Waals surface area (Å²) in [7, 11) is 4.36. The molecule has 0 aromatic carbocycles. The summed E-state index contributed by atoms with van der Waals surface area (Å²) in [5, 5.41) is 0. The maximum Gasteiger partial charge on any atom is 0.000357 e. The highest BCUT2D eigenvalue weighted by Gasteiger charge is 2.23. The third-order valence-electron chi connectivity index (χ3n) is 3.52. The first-order chi connectivity index (χ1) is 6.09. The number of hydrogen-bond donors (Lipinski definition) is 0. The van der Waals surface area contributed by atoms with Crippen molar-refractivity contribution in [3.63, 3.8) is 0 Å². The fourth-order valence-electron chi connectivity index (χ4n) is 2.58. The second-order valence-electron chi connectivity index (χ2n) is 5.26. The molecule has 1 atom stereocenters.